The number of carbonyl (C=O) groups excluding carboxylic acids is 1. The van der Waals surface area contributed by atoms with E-state index in [-0.39, 0.29) is 23.9 Å². The van der Waals surface area contributed by atoms with E-state index in [1.165, 1.54) is 30.6 Å². The van der Waals surface area contributed by atoms with Crippen molar-refractivity contribution < 1.29 is 17.9 Å². The number of nitrogens with zero attached hydrogens (tertiary/aromatic N) is 1. The Hall–Kier alpha value is -1.42. The first-order chi connectivity index (χ1) is 11.9. The molecule has 0 saturated heterocycles. The average Bonchev–Trinajstić information content (AvgIpc) is 3.11. The van der Waals surface area contributed by atoms with Crippen LogP contribution in [0.2, 0.25) is 0 Å². The highest BCUT2D eigenvalue weighted by atomic mass is 79.9. The summed E-state index contributed by atoms with van der Waals surface area (Å²) in [5.74, 6) is 0.196. The van der Waals surface area contributed by atoms with Gasteiger partial charge in [0.15, 0.2) is 0 Å². The number of nitrogens with one attached hydrogen (secondary N) is 1. The van der Waals surface area contributed by atoms with E-state index in [2.05, 4.69) is 21.2 Å². The number of halogens is 1. The van der Waals surface area contributed by atoms with E-state index >= 15 is 0 Å². The van der Waals surface area contributed by atoms with E-state index in [4.69, 9.17) is 4.74 Å². The van der Waals surface area contributed by atoms with Gasteiger partial charge in [-0.25, -0.2) is 8.42 Å². The molecule has 0 bridgehead atoms. The first-order valence-corrected chi connectivity index (χ1v) is 10.6. The molecular formula is C16H19BrN2O4S2. The molecule has 1 heterocycles. The van der Waals surface area contributed by atoms with Crippen molar-refractivity contribution in [1.29, 1.82) is 0 Å². The zero-order chi connectivity index (χ0) is 18.4. The third kappa shape index (κ3) is 5.04. The molecule has 2 rings (SSSR count). The number of methoxy groups -OCH3 is 1. The van der Waals surface area contributed by atoms with Crippen LogP contribution in [0.25, 0.3) is 0 Å². The lowest BCUT2D eigenvalue weighted by Crippen LogP contribution is -2.40. The van der Waals surface area contributed by atoms with Crippen LogP contribution in [0.4, 0.5) is 0 Å². The Balaban J connectivity index is 2.09. The van der Waals surface area contributed by atoms with Gasteiger partial charge in [-0.2, -0.15) is 4.31 Å². The highest BCUT2D eigenvalue weighted by molar-refractivity contribution is 9.10. The lowest BCUT2D eigenvalue weighted by atomic mass is 10.3. The van der Waals surface area contributed by atoms with Crippen LogP contribution in [0, 0.1) is 0 Å². The summed E-state index contributed by atoms with van der Waals surface area (Å²) in [6, 6.07) is 8.32. The number of amides is 1. The van der Waals surface area contributed by atoms with Gasteiger partial charge in [-0.1, -0.05) is 13.0 Å². The number of ether oxygens (including phenoxy) is 1. The van der Waals surface area contributed by atoms with Crippen molar-refractivity contribution in [2.24, 2.45) is 0 Å². The quantitative estimate of drug-likeness (QED) is 0.676. The van der Waals surface area contributed by atoms with Crippen LogP contribution >= 0.6 is 27.3 Å². The molecular weight excluding hydrogens is 428 g/mol. The van der Waals surface area contributed by atoms with Crippen LogP contribution in [-0.2, 0) is 21.4 Å². The van der Waals surface area contributed by atoms with Crippen LogP contribution in [0.1, 0.15) is 11.8 Å². The molecule has 1 amide bonds. The summed E-state index contributed by atoms with van der Waals surface area (Å²) in [6.45, 7) is 2.05. The summed E-state index contributed by atoms with van der Waals surface area (Å²) in [5.41, 5.74) is 0. The van der Waals surface area contributed by atoms with Crippen molar-refractivity contribution in [3.8, 4) is 5.75 Å². The fourth-order valence-corrected chi connectivity index (χ4v) is 4.91. The standard InChI is InChI=1S/C16H19BrN2O4S2/c1-3-19(11-16(20)18-10-12-5-4-8-24-12)25(21,22)13-6-7-15(23-2)14(17)9-13/h4-9H,3,10-11H2,1-2H3,(H,18,20). The minimum atomic E-state index is -3.78. The van der Waals surface area contributed by atoms with Crippen molar-refractivity contribution in [2.45, 2.75) is 18.4 Å². The van der Waals surface area contributed by atoms with Crippen molar-refractivity contribution in [3.05, 3.63) is 45.1 Å². The predicted molar refractivity (Wildman–Crippen MR) is 101 cm³/mol. The van der Waals surface area contributed by atoms with Crippen LogP contribution in [0.5, 0.6) is 5.75 Å². The molecule has 0 atom stereocenters. The maximum atomic E-state index is 12.8. The average molecular weight is 447 g/mol. The van der Waals surface area contributed by atoms with Gasteiger partial charge in [0.2, 0.25) is 15.9 Å². The zero-order valence-electron chi connectivity index (χ0n) is 13.9. The highest BCUT2D eigenvalue weighted by Gasteiger charge is 2.26. The van der Waals surface area contributed by atoms with Gasteiger partial charge in [0, 0.05) is 11.4 Å². The topological polar surface area (TPSA) is 75.7 Å². The molecule has 6 nitrogen and oxygen atoms in total. The molecule has 1 aromatic heterocycles. The summed E-state index contributed by atoms with van der Waals surface area (Å²) in [4.78, 5) is 13.2. The molecule has 2 aromatic rings. The summed E-state index contributed by atoms with van der Waals surface area (Å²) in [5, 5.41) is 4.66. The van der Waals surface area contributed by atoms with Crippen LogP contribution < -0.4 is 10.1 Å². The number of likely N-dealkylation sites (N-methyl/N-ethyl adjacent to an activating group) is 1. The van der Waals surface area contributed by atoms with E-state index in [1.807, 2.05) is 17.5 Å². The zero-order valence-corrected chi connectivity index (χ0v) is 17.1. The van der Waals surface area contributed by atoms with E-state index in [9.17, 15) is 13.2 Å². The Kier molecular flexibility index (Phi) is 7.00. The van der Waals surface area contributed by atoms with Crippen LogP contribution in [0.15, 0.2) is 45.1 Å². The molecule has 25 heavy (non-hydrogen) atoms. The summed E-state index contributed by atoms with van der Waals surface area (Å²) in [7, 11) is -2.27. The first kappa shape index (κ1) is 19.9. The minimum Gasteiger partial charge on any atom is -0.496 e. The maximum Gasteiger partial charge on any atom is 0.243 e. The highest BCUT2D eigenvalue weighted by Crippen LogP contribution is 2.28. The summed E-state index contributed by atoms with van der Waals surface area (Å²) in [6.07, 6.45) is 0. The molecule has 136 valence electrons. The third-order valence-electron chi connectivity index (χ3n) is 3.47. The van der Waals surface area contributed by atoms with Gasteiger partial charge < -0.3 is 10.1 Å². The SMILES string of the molecule is CCN(CC(=O)NCc1cccs1)S(=O)(=O)c1ccc(OC)c(Br)c1. The molecule has 0 fully saturated rings. The predicted octanol–water partition coefficient (Wildman–Crippen LogP) is 2.85. The Labute approximate surface area is 160 Å². The second kappa shape index (κ2) is 8.79. The van der Waals surface area contributed by atoms with Crippen molar-refractivity contribution >= 4 is 43.2 Å². The van der Waals surface area contributed by atoms with Crippen molar-refractivity contribution in [1.82, 2.24) is 9.62 Å². The number of benzene rings is 1. The van der Waals surface area contributed by atoms with Gasteiger partial charge >= 0.3 is 0 Å². The van der Waals surface area contributed by atoms with E-state index < -0.39 is 10.0 Å². The lowest BCUT2D eigenvalue weighted by molar-refractivity contribution is -0.121. The van der Waals surface area contributed by atoms with E-state index in [0.29, 0.717) is 16.8 Å². The second-order valence-electron chi connectivity index (χ2n) is 5.08. The van der Waals surface area contributed by atoms with Gasteiger partial charge in [-0.15, -0.1) is 11.3 Å². The smallest absolute Gasteiger partial charge is 0.243 e. The molecule has 1 aromatic carbocycles. The Bertz CT molecular complexity index is 823. The Morgan fingerprint density at radius 2 is 2.12 bits per heavy atom. The monoisotopic (exact) mass is 446 g/mol. The molecule has 0 aliphatic heterocycles. The number of hydrogen-bond donors (Lipinski definition) is 1. The van der Waals surface area contributed by atoms with Gasteiger partial charge in [0.25, 0.3) is 0 Å². The molecule has 0 saturated carbocycles. The Morgan fingerprint density at radius 1 is 1.36 bits per heavy atom. The number of thiophene rings is 1. The molecule has 0 aliphatic rings. The molecule has 0 aliphatic carbocycles. The molecule has 0 spiro atoms. The lowest BCUT2D eigenvalue weighted by Gasteiger charge is -2.20. The molecule has 9 heteroatoms. The van der Waals surface area contributed by atoms with Gasteiger partial charge in [0.1, 0.15) is 5.75 Å². The van der Waals surface area contributed by atoms with E-state index in [0.717, 1.165) is 9.18 Å². The fourth-order valence-electron chi connectivity index (χ4n) is 2.14. The van der Waals surface area contributed by atoms with Crippen LogP contribution in [-0.4, -0.2) is 38.8 Å². The number of rotatable bonds is 8. The third-order valence-corrected chi connectivity index (χ3v) is 6.89. The molecule has 0 unspecified atom stereocenters. The number of sulfonamides is 1. The normalized spacial score (nSPS) is 11.5. The number of carbonyl (C=O) groups is 1. The van der Waals surface area contributed by atoms with E-state index in [1.54, 1.807) is 13.0 Å². The van der Waals surface area contributed by atoms with Gasteiger partial charge in [-0.05, 0) is 45.6 Å². The van der Waals surface area contributed by atoms with Crippen LogP contribution in [0.3, 0.4) is 0 Å². The second-order valence-corrected chi connectivity index (χ2v) is 8.91. The fraction of sp³-hybridized carbons (Fsp3) is 0.312. The first-order valence-electron chi connectivity index (χ1n) is 7.51. The summed E-state index contributed by atoms with van der Waals surface area (Å²) < 4.78 is 32.3. The van der Waals surface area contributed by atoms with Crippen molar-refractivity contribution in [2.75, 3.05) is 20.2 Å². The molecule has 0 radical (unpaired) electrons. The number of hydrogen-bond acceptors (Lipinski definition) is 5. The van der Waals surface area contributed by atoms with Gasteiger partial charge in [0.05, 0.1) is 29.6 Å². The Morgan fingerprint density at radius 3 is 2.68 bits per heavy atom. The maximum absolute atomic E-state index is 12.8. The van der Waals surface area contributed by atoms with Gasteiger partial charge in [-0.3, -0.25) is 4.79 Å². The largest absolute Gasteiger partial charge is 0.496 e. The minimum absolute atomic E-state index is 0.105. The summed E-state index contributed by atoms with van der Waals surface area (Å²) >= 11 is 4.82. The van der Waals surface area contributed by atoms with Crippen molar-refractivity contribution in [3.63, 3.8) is 0 Å². The molecule has 1 N–H and O–H groups in total.